The van der Waals surface area contributed by atoms with Crippen LogP contribution in [0.4, 0.5) is 0 Å². The van der Waals surface area contributed by atoms with E-state index in [1.54, 1.807) is 0 Å². The van der Waals surface area contributed by atoms with Crippen LogP contribution in [-0.4, -0.2) is 43.1 Å². The molecule has 1 aliphatic heterocycles. The lowest BCUT2D eigenvalue weighted by atomic mass is 9.94. The Morgan fingerprint density at radius 2 is 1.89 bits per heavy atom. The average molecular weight is 286 g/mol. The minimum Gasteiger partial charge on any atom is -0.313 e. The monoisotopic (exact) mass is 286 g/mol. The van der Waals surface area contributed by atoms with E-state index in [0.717, 1.165) is 19.4 Å². The summed E-state index contributed by atoms with van der Waals surface area (Å²) in [6.45, 7) is 3.22. The van der Waals surface area contributed by atoms with Crippen molar-refractivity contribution in [1.82, 2.24) is 9.62 Å². The standard InChI is InChI=1S/C14H26N2O2S/c1-11(10-15-13-7-8-13)19(17,18)16-9-3-5-12-4-2-6-14(12)16/h11-15H,2-10H2,1H3. The highest BCUT2D eigenvalue weighted by atomic mass is 32.2. The van der Waals surface area contributed by atoms with Crippen molar-refractivity contribution in [3.63, 3.8) is 0 Å². The first-order chi connectivity index (χ1) is 9.09. The summed E-state index contributed by atoms with van der Waals surface area (Å²) in [5.74, 6) is 0.632. The summed E-state index contributed by atoms with van der Waals surface area (Å²) >= 11 is 0. The van der Waals surface area contributed by atoms with Gasteiger partial charge in [-0.3, -0.25) is 0 Å². The summed E-state index contributed by atoms with van der Waals surface area (Å²) in [5, 5.41) is 3.07. The highest BCUT2D eigenvalue weighted by molar-refractivity contribution is 7.89. The van der Waals surface area contributed by atoms with Gasteiger partial charge in [-0.2, -0.15) is 4.31 Å². The van der Waals surface area contributed by atoms with Crippen molar-refractivity contribution in [2.45, 2.75) is 69.2 Å². The number of hydrogen-bond donors (Lipinski definition) is 1. The molecule has 4 nitrogen and oxygen atoms in total. The molecule has 3 fully saturated rings. The number of nitrogens with zero attached hydrogens (tertiary/aromatic N) is 1. The van der Waals surface area contributed by atoms with E-state index in [1.165, 1.54) is 32.1 Å². The maximum Gasteiger partial charge on any atom is 0.218 e. The van der Waals surface area contributed by atoms with Gasteiger partial charge >= 0.3 is 0 Å². The maximum absolute atomic E-state index is 12.7. The van der Waals surface area contributed by atoms with Crippen LogP contribution < -0.4 is 5.32 Å². The lowest BCUT2D eigenvalue weighted by Gasteiger charge is -2.38. The summed E-state index contributed by atoms with van der Waals surface area (Å²) in [6.07, 6.45) is 8.20. The summed E-state index contributed by atoms with van der Waals surface area (Å²) in [5.41, 5.74) is 0. The quantitative estimate of drug-likeness (QED) is 0.837. The Morgan fingerprint density at radius 3 is 2.63 bits per heavy atom. The van der Waals surface area contributed by atoms with Gasteiger partial charge in [0.05, 0.1) is 5.25 Å². The van der Waals surface area contributed by atoms with Crippen molar-refractivity contribution in [2.24, 2.45) is 5.92 Å². The maximum atomic E-state index is 12.7. The molecule has 3 atom stereocenters. The molecule has 0 aromatic rings. The molecule has 1 heterocycles. The zero-order valence-electron chi connectivity index (χ0n) is 11.8. The smallest absolute Gasteiger partial charge is 0.218 e. The van der Waals surface area contributed by atoms with E-state index in [-0.39, 0.29) is 5.25 Å². The van der Waals surface area contributed by atoms with Gasteiger partial charge in [0.1, 0.15) is 0 Å². The Labute approximate surface area is 117 Å². The van der Waals surface area contributed by atoms with Crippen LogP contribution in [0.2, 0.25) is 0 Å². The molecule has 1 saturated heterocycles. The molecule has 110 valence electrons. The lowest BCUT2D eigenvalue weighted by molar-refractivity contribution is 0.200. The van der Waals surface area contributed by atoms with Gasteiger partial charge < -0.3 is 5.32 Å². The molecule has 0 aromatic carbocycles. The molecule has 3 aliphatic rings. The van der Waals surface area contributed by atoms with Crippen molar-refractivity contribution in [2.75, 3.05) is 13.1 Å². The van der Waals surface area contributed by atoms with Crippen LogP contribution in [-0.2, 0) is 10.0 Å². The molecule has 2 aliphatic carbocycles. The van der Waals surface area contributed by atoms with Gasteiger partial charge in [-0.1, -0.05) is 6.42 Å². The number of sulfonamides is 1. The molecule has 0 bridgehead atoms. The van der Waals surface area contributed by atoms with E-state index in [1.807, 2.05) is 11.2 Å². The summed E-state index contributed by atoms with van der Waals surface area (Å²) in [4.78, 5) is 0. The van der Waals surface area contributed by atoms with Crippen molar-refractivity contribution in [1.29, 1.82) is 0 Å². The van der Waals surface area contributed by atoms with Crippen molar-refractivity contribution in [3.05, 3.63) is 0 Å². The Balaban J connectivity index is 1.67. The normalized spacial score (nSPS) is 34.2. The third-order valence-electron chi connectivity index (χ3n) is 5.05. The molecule has 3 unspecified atom stereocenters. The molecular weight excluding hydrogens is 260 g/mol. The van der Waals surface area contributed by atoms with Crippen molar-refractivity contribution < 1.29 is 8.42 Å². The van der Waals surface area contributed by atoms with Gasteiger partial charge in [-0.15, -0.1) is 0 Å². The van der Waals surface area contributed by atoms with Crippen LogP contribution >= 0.6 is 0 Å². The number of rotatable bonds is 5. The van der Waals surface area contributed by atoms with Crippen LogP contribution in [0.3, 0.4) is 0 Å². The molecule has 0 aromatic heterocycles. The number of fused-ring (bicyclic) bond motifs is 1. The Kier molecular flexibility index (Phi) is 3.89. The molecule has 2 saturated carbocycles. The summed E-state index contributed by atoms with van der Waals surface area (Å²) in [6, 6.07) is 0.889. The van der Waals surface area contributed by atoms with Crippen LogP contribution in [0.5, 0.6) is 0 Å². The molecular formula is C14H26N2O2S. The SMILES string of the molecule is CC(CNC1CC1)S(=O)(=O)N1CCCC2CCCC21. The molecule has 0 amide bonds. The first-order valence-corrected chi connectivity index (χ1v) is 9.33. The van der Waals surface area contributed by atoms with E-state index in [4.69, 9.17) is 0 Å². The molecule has 19 heavy (non-hydrogen) atoms. The minimum absolute atomic E-state index is 0.285. The number of nitrogens with one attached hydrogen (secondary N) is 1. The number of piperidine rings is 1. The van der Waals surface area contributed by atoms with Crippen molar-refractivity contribution in [3.8, 4) is 0 Å². The fraction of sp³-hybridized carbons (Fsp3) is 1.00. The van der Waals surface area contributed by atoms with Gasteiger partial charge in [-0.05, 0) is 51.4 Å². The Bertz CT molecular complexity index is 419. The zero-order valence-corrected chi connectivity index (χ0v) is 12.7. The van der Waals surface area contributed by atoms with Gasteiger partial charge in [0.2, 0.25) is 10.0 Å². The topological polar surface area (TPSA) is 49.4 Å². The largest absolute Gasteiger partial charge is 0.313 e. The molecule has 3 rings (SSSR count). The van der Waals surface area contributed by atoms with E-state index in [0.29, 0.717) is 24.5 Å². The lowest BCUT2D eigenvalue weighted by Crippen LogP contribution is -2.50. The molecule has 5 heteroatoms. The van der Waals surface area contributed by atoms with Crippen LogP contribution in [0, 0.1) is 5.92 Å². The second kappa shape index (κ2) is 5.34. The molecule has 1 N–H and O–H groups in total. The first-order valence-electron chi connectivity index (χ1n) is 7.83. The summed E-state index contributed by atoms with van der Waals surface area (Å²) in [7, 11) is -3.11. The second-order valence-electron chi connectivity index (χ2n) is 6.55. The Morgan fingerprint density at radius 1 is 1.16 bits per heavy atom. The highest BCUT2D eigenvalue weighted by Gasteiger charge is 2.42. The molecule has 0 radical (unpaired) electrons. The predicted octanol–water partition coefficient (Wildman–Crippen LogP) is 1.72. The first kappa shape index (κ1) is 13.8. The number of hydrogen-bond acceptors (Lipinski definition) is 3. The fourth-order valence-corrected chi connectivity index (χ4v) is 5.49. The zero-order chi connectivity index (χ0) is 13.5. The van der Waals surface area contributed by atoms with Gasteiger partial charge in [0.15, 0.2) is 0 Å². The van der Waals surface area contributed by atoms with E-state index < -0.39 is 10.0 Å². The highest BCUT2D eigenvalue weighted by Crippen LogP contribution is 2.38. The van der Waals surface area contributed by atoms with Crippen molar-refractivity contribution >= 4 is 10.0 Å². The van der Waals surface area contributed by atoms with Gasteiger partial charge in [-0.25, -0.2) is 8.42 Å². The van der Waals surface area contributed by atoms with Crippen LogP contribution in [0.1, 0.15) is 51.9 Å². The van der Waals surface area contributed by atoms with Crippen LogP contribution in [0.15, 0.2) is 0 Å². The van der Waals surface area contributed by atoms with Gasteiger partial charge in [0, 0.05) is 25.2 Å². The minimum atomic E-state index is -3.11. The second-order valence-corrected chi connectivity index (χ2v) is 8.85. The van der Waals surface area contributed by atoms with Crippen LogP contribution in [0.25, 0.3) is 0 Å². The Hall–Kier alpha value is -0.130. The van der Waals surface area contributed by atoms with E-state index >= 15 is 0 Å². The third-order valence-corrected chi connectivity index (χ3v) is 7.34. The summed E-state index contributed by atoms with van der Waals surface area (Å²) < 4.78 is 27.3. The van der Waals surface area contributed by atoms with E-state index in [9.17, 15) is 8.42 Å². The van der Waals surface area contributed by atoms with Gasteiger partial charge in [0.25, 0.3) is 0 Å². The third kappa shape index (κ3) is 2.83. The average Bonchev–Trinajstić information content (AvgIpc) is 3.10. The fourth-order valence-electron chi connectivity index (χ4n) is 3.68. The van der Waals surface area contributed by atoms with E-state index in [2.05, 4.69) is 5.32 Å². The predicted molar refractivity (Wildman–Crippen MR) is 76.5 cm³/mol. The molecule has 0 spiro atoms.